The summed E-state index contributed by atoms with van der Waals surface area (Å²) in [6.07, 6.45) is 8.15. The van der Waals surface area contributed by atoms with Crippen LogP contribution in [0.2, 0.25) is 5.28 Å². The lowest BCUT2D eigenvalue weighted by molar-refractivity contribution is 0.494. The summed E-state index contributed by atoms with van der Waals surface area (Å²) in [5.41, 5.74) is 1.02. The van der Waals surface area contributed by atoms with E-state index in [1.807, 2.05) is 0 Å². The van der Waals surface area contributed by atoms with Crippen molar-refractivity contribution < 1.29 is 0 Å². The van der Waals surface area contributed by atoms with Crippen molar-refractivity contribution in [1.82, 2.24) is 9.97 Å². The first-order valence-electron chi connectivity index (χ1n) is 6.84. The number of nitrogens with one attached hydrogen (secondary N) is 1. The summed E-state index contributed by atoms with van der Waals surface area (Å²) in [4.78, 5) is 11.0. The van der Waals surface area contributed by atoms with Crippen LogP contribution in [0, 0.1) is 0 Å². The van der Waals surface area contributed by atoms with Crippen LogP contribution >= 0.6 is 11.6 Å². The Morgan fingerprint density at radius 1 is 1.44 bits per heavy atom. The molecule has 18 heavy (non-hydrogen) atoms. The fourth-order valence-electron chi connectivity index (χ4n) is 3.17. The van der Waals surface area contributed by atoms with Gasteiger partial charge in [0.15, 0.2) is 5.82 Å². The number of hydrogen-bond donors (Lipinski definition) is 1. The van der Waals surface area contributed by atoms with Crippen molar-refractivity contribution in [2.75, 3.05) is 16.8 Å². The largest absolute Gasteiger partial charge is 0.379 e. The van der Waals surface area contributed by atoms with E-state index in [0.717, 1.165) is 24.5 Å². The van der Waals surface area contributed by atoms with Crippen LogP contribution < -0.4 is 10.2 Å². The molecule has 0 amide bonds. The molecule has 0 radical (unpaired) electrons. The molecule has 0 spiro atoms. The van der Waals surface area contributed by atoms with Crippen molar-refractivity contribution in [2.24, 2.45) is 0 Å². The smallest absolute Gasteiger partial charge is 0.224 e. The minimum atomic E-state index is 0.343. The molecule has 1 aliphatic heterocycles. The number of fused-ring (bicyclic) bond motifs is 1. The van der Waals surface area contributed by atoms with E-state index in [1.165, 1.54) is 25.7 Å². The maximum absolute atomic E-state index is 5.96. The number of halogens is 1. The molecule has 1 atom stereocenters. The Morgan fingerprint density at radius 2 is 2.22 bits per heavy atom. The highest BCUT2D eigenvalue weighted by molar-refractivity contribution is 6.28. The summed E-state index contributed by atoms with van der Waals surface area (Å²) >= 11 is 5.96. The molecule has 0 saturated heterocycles. The molecule has 1 saturated carbocycles. The van der Waals surface area contributed by atoms with E-state index in [2.05, 4.69) is 27.1 Å². The number of aromatic nitrogens is 2. The lowest BCUT2D eigenvalue weighted by Gasteiger charge is -2.41. The van der Waals surface area contributed by atoms with Gasteiger partial charge in [-0.25, -0.2) is 4.98 Å². The van der Waals surface area contributed by atoms with Crippen LogP contribution in [0.5, 0.6) is 0 Å². The van der Waals surface area contributed by atoms with Crippen LogP contribution in [0.1, 0.15) is 39.0 Å². The van der Waals surface area contributed by atoms with E-state index in [1.54, 1.807) is 6.20 Å². The first-order chi connectivity index (χ1) is 8.79. The van der Waals surface area contributed by atoms with Gasteiger partial charge in [0.2, 0.25) is 5.28 Å². The third-order valence-corrected chi connectivity index (χ3v) is 4.28. The second kappa shape index (κ2) is 4.92. The third kappa shape index (κ3) is 2.03. The van der Waals surface area contributed by atoms with Crippen molar-refractivity contribution in [3.8, 4) is 0 Å². The van der Waals surface area contributed by atoms with Gasteiger partial charge in [-0.05, 0) is 30.9 Å². The molecule has 2 heterocycles. The zero-order valence-corrected chi connectivity index (χ0v) is 11.5. The molecule has 3 rings (SSSR count). The van der Waals surface area contributed by atoms with Gasteiger partial charge in [-0.15, -0.1) is 0 Å². The lowest BCUT2D eigenvalue weighted by Crippen LogP contribution is -2.49. The molecule has 98 valence electrons. The van der Waals surface area contributed by atoms with Crippen LogP contribution in [0.25, 0.3) is 0 Å². The standard InChI is InChI=1S/C13H19ClN4/c1-2-9-7-15-11-8-16-13(14)17-12(11)18(9)10-5-3-4-6-10/h8-10,15H,2-7H2,1H3/t9-/m1/s1. The van der Waals surface area contributed by atoms with Crippen molar-refractivity contribution in [3.63, 3.8) is 0 Å². The minimum Gasteiger partial charge on any atom is -0.379 e. The predicted octanol–water partition coefficient (Wildman–Crippen LogP) is 3.08. The van der Waals surface area contributed by atoms with Crippen LogP contribution in [-0.4, -0.2) is 28.6 Å². The van der Waals surface area contributed by atoms with E-state index in [-0.39, 0.29) is 0 Å². The molecular formula is C13H19ClN4. The predicted molar refractivity (Wildman–Crippen MR) is 74.3 cm³/mol. The molecule has 1 fully saturated rings. The maximum Gasteiger partial charge on any atom is 0.224 e. The molecule has 1 aliphatic carbocycles. The summed E-state index contributed by atoms with van der Waals surface area (Å²) < 4.78 is 0. The summed E-state index contributed by atoms with van der Waals surface area (Å²) in [5.74, 6) is 1.00. The average Bonchev–Trinajstić information content (AvgIpc) is 2.90. The summed E-state index contributed by atoms with van der Waals surface area (Å²) in [6, 6.07) is 1.15. The second-order valence-corrected chi connectivity index (χ2v) is 5.50. The molecule has 5 heteroatoms. The first-order valence-corrected chi connectivity index (χ1v) is 7.22. The molecular weight excluding hydrogens is 248 g/mol. The van der Waals surface area contributed by atoms with Gasteiger partial charge in [-0.1, -0.05) is 19.8 Å². The maximum atomic E-state index is 5.96. The van der Waals surface area contributed by atoms with Gasteiger partial charge in [0.1, 0.15) is 0 Å². The van der Waals surface area contributed by atoms with Gasteiger partial charge in [-0.3, -0.25) is 0 Å². The van der Waals surface area contributed by atoms with Crippen LogP contribution in [0.4, 0.5) is 11.5 Å². The highest BCUT2D eigenvalue weighted by Gasteiger charge is 2.33. The molecule has 1 N–H and O–H groups in total. The Bertz CT molecular complexity index is 431. The Labute approximate surface area is 113 Å². The Morgan fingerprint density at radius 3 is 2.94 bits per heavy atom. The van der Waals surface area contributed by atoms with Gasteiger partial charge < -0.3 is 10.2 Å². The number of anilines is 2. The van der Waals surface area contributed by atoms with E-state index in [4.69, 9.17) is 11.6 Å². The molecule has 0 unspecified atom stereocenters. The van der Waals surface area contributed by atoms with Gasteiger partial charge in [0, 0.05) is 18.6 Å². The Kier molecular flexibility index (Phi) is 3.29. The molecule has 0 aromatic carbocycles. The molecule has 1 aromatic heterocycles. The summed E-state index contributed by atoms with van der Waals surface area (Å²) in [5, 5.41) is 3.76. The van der Waals surface area contributed by atoms with Gasteiger partial charge >= 0.3 is 0 Å². The quantitative estimate of drug-likeness (QED) is 0.836. The number of rotatable bonds is 2. The van der Waals surface area contributed by atoms with Gasteiger partial charge in [-0.2, -0.15) is 4.98 Å². The topological polar surface area (TPSA) is 41.1 Å². The fourth-order valence-corrected chi connectivity index (χ4v) is 3.30. The van der Waals surface area contributed by atoms with Gasteiger partial charge in [0.05, 0.1) is 11.9 Å². The Hall–Kier alpha value is -1.03. The van der Waals surface area contributed by atoms with Crippen molar-refractivity contribution >= 4 is 23.1 Å². The van der Waals surface area contributed by atoms with Crippen molar-refractivity contribution in [2.45, 2.75) is 51.1 Å². The minimum absolute atomic E-state index is 0.343. The highest BCUT2D eigenvalue weighted by atomic mass is 35.5. The molecule has 4 nitrogen and oxygen atoms in total. The monoisotopic (exact) mass is 266 g/mol. The van der Waals surface area contributed by atoms with Crippen LogP contribution in [0.15, 0.2) is 6.20 Å². The zero-order chi connectivity index (χ0) is 12.5. The Balaban J connectivity index is 1.99. The van der Waals surface area contributed by atoms with Crippen molar-refractivity contribution in [1.29, 1.82) is 0 Å². The van der Waals surface area contributed by atoms with E-state index in [0.29, 0.717) is 17.4 Å². The second-order valence-electron chi connectivity index (χ2n) is 5.16. The number of hydrogen-bond acceptors (Lipinski definition) is 4. The third-order valence-electron chi connectivity index (χ3n) is 4.09. The van der Waals surface area contributed by atoms with E-state index in [9.17, 15) is 0 Å². The average molecular weight is 267 g/mol. The van der Waals surface area contributed by atoms with Gasteiger partial charge in [0.25, 0.3) is 0 Å². The van der Waals surface area contributed by atoms with Crippen LogP contribution in [-0.2, 0) is 0 Å². The first kappa shape index (κ1) is 12.0. The summed E-state index contributed by atoms with van der Waals surface area (Å²) in [7, 11) is 0. The lowest BCUT2D eigenvalue weighted by atomic mass is 10.1. The zero-order valence-electron chi connectivity index (χ0n) is 10.7. The molecule has 1 aromatic rings. The normalized spacial score (nSPS) is 23.9. The highest BCUT2D eigenvalue weighted by Crippen LogP contribution is 2.36. The van der Waals surface area contributed by atoms with Crippen LogP contribution in [0.3, 0.4) is 0 Å². The molecule has 0 bridgehead atoms. The van der Waals surface area contributed by atoms with E-state index < -0.39 is 0 Å². The molecule has 2 aliphatic rings. The summed E-state index contributed by atoms with van der Waals surface area (Å²) in [6.45, 7) is 3.22. The number of nitrogens with zero attached hydrogens (tertiary/aromatic N) is 3. The fraction of sp³-hybridized carbons (Fsp3) is 0.692. The van der Waals surface area contributed by atoms with E-state index >= 15 is 0 Å². The van der Waals surface area contributed by atoms with Crippen molar-refractivity contribution in [3.05, 3.63) is 11.5 Å². The SMILES string of the molecule is CC[C@@H]1CNc2cnc(Cl)nc2N1C1CCCC1.